The van der Waals surface area contributed by atoms with Crippen LogP contribution in [0.4, 0.5) is 17.6 Å². The highest BCUT2D eigenvalue weighted by Gasteiger charge is 2.35. The first-order valence-corrected chi connectivity index (χ1v) is 7.03. The highest BCUT2D eigenvalue weighted by Crippen LogP contribution is 2.39. The number of alkyl halides is 3. The molecule has 1 saturated carbocycles. The molecule has 1 N–H and O–H groups in total. The van der Waals surface area contributed by atoms with Gasteiger partial charge in [-0.3, -0.25) is 0 Å². The van der Waals surface area contributed by atoms with Crippen LogP contribution in [0.15, 0.2) is 18.2 Å². The quantitative estimate of drug-likeness (QED) is 0.776. The Kier molecular flexibility index (Phi) is 4.68. The average Bonchev–Trinajstić information content (AvgIpc) is 2.30. The highest BCUT2D eigenvalue weighted by molar-refractivity contribution is 5.29. The zero-order valence-corrected chi connectivity index (χ0v) is 11.4. The molecule has 2 rings (SSSR count). The topological polar surface area (TPSA) is 12.0 Å². The van der Waals surface area contributed by atoms with Crippen molar-refractivity contribution in [2.24, 2.45) is 5.92 Å². The first-order valence-electron chi connectivity index (χ1n) is 7.03. The second-order valence-corrected chi connectivity index (χ2v) is 5.36. The van der Waals surface area contributed by atoms with Gasteiger partial charge in [-0.2, -0.15) is 13.2 Å². The molecule has 1 fully saturated rings. The number of halogens is 4. The van der Waals surface area contributed by atoms with Gasteiger partial charge in [0.15, 0.2) is 0 Å². The summed E-state index contributed by atoms with van der Waals surface area (Å²) in [6.07, 6.45) is -0.468. The smallest absolute Gasteiger partial charge is 0.310 e. The molecule has 1 nitrogen and oxygen atoms in total. The van der Waals surface area contributed by atoms with Crippen LogP contribution in [-0.2, 0) is 6.18 Å². The van der Waals surface area contributed by atoms with Crippen LogP contribution in [0, 0.1) is 11.7 Å². The maximum atomic E-state index is 13.7. The van der Waals surface area contributed by atoms with E-state index in [4.69, 9.17) is 0 Å². The summed E-state index contributed by atoms with van der Waals surface area (Å²) in [4.78, 5) is 0. The van der Waals surface area contributed by atoms with Gasteiger partial charge in [0.2, 0.25) is 0 Å². The molecule has 5 heteroatoms. The highest BCUT2D eigenvalue weighted by atomic mass is 19.4. The Balaban J connectivity index is 2.22. The molecule has 1 aromatic carbocycles. The molecule has 1 aliphatic rings. The summed E-state index contributed by atoms with van der Waals surface area (Å²) < 4.78 is 51.4. The summed E-state index contributed by atoms with van der Waals surface area (Å²) in [6, 6.07) is 3.25. The summed E-state index contributed by atoms with van der Waals surface area (Å²) in [5, 5.41) is 3.33. The van der Waals surface area contributed by atoms with Crippen molar-refractivity contribution < 1.29 is 17.6 Å². The fraction of sp³-hybridized carbons (Fsp3) is 0.600. The third-order valence-electron chi connectivity index (χ3n) is 3.89. The molecule has 0 bridgehead atoms. The minimum atomic E-state index is -4.63. The fourth-order valence-electron chi connectivity index (χ4n) is 2.58. The summed E-state index contributed by atoms with van der Waals surface area (Å²) in [6.45, 7) is 2.81. The van der Waals surface area contributed by atoms with Crippen LogP contribution in [0.3, 0.4) is 0 Å². The normalized spacial score (nSPS) is 17.9. The Morgan fingerprint density at radius 1 is 1.30 bits per heavy atom. The van der Waals surface area contributed by atoms with E-state index < -0.39 is 17.6 Å². The molecule has 1 aromatic rings. The van der Waals surface area contributed by atoms with Crippen LogP contribution in [0.2, 0.25) is 0 Å². The minimum Gasteiger partial charge on any atom is -0.310 e. The van der Waals surface area contributed by atoms with Gasteiger partial charge in [0.1, 0.15) is 5.82 Å². The van der Waals surface area contributed by atoms with Crippen LogP contribution < -0.4 is 5.32 Å². The van der Waals surface area contributed by atoms with E-state index in [0.717, 1.165) is 44.4 Å². The molecule has 1 atom stereocenters. The zero-order chi connectivity index (χ0) is 14.8. The van der Waals surface area contributed by atoms with Crippen LogP contribution in [-0.4, -0.2) is 6.54 Å². The number of benzene rings is 1. The van der Waals surface area contributed by atoms with Crippen molar-refractivity contribution in [3.05, 3.63) is 35.1 Å². The minimum absolute atomic E-state index is 0.0412. The van der Waals surface area contributed by atoms with Crippen LogP contribution in [0.1, 0.15) is 49.8 Å². The van der Waals surface area contributed by atoms with Crippen molar-refractivity contribution in [1.29, 1.82) is 0 Å². The monoisotopic (exact) mass is 289 g/mol. The standard InChI is InChI=1S/C15H19F4N/c1-2-8-20-14(10-4-3-5-10)11-6-7-12(13(16)9-11)15(17,18)19/h6-7,9-10,14,20H,2-5,8H2,1H3. The predicted molar refractivity (Wildman–Crippen MR) is 69.8 cm³/mol. The molecule has 0 radical (unpaired) electrons. The molecule has 20 heavy (non-hydrogen) atoms. The second-order valence-electron chi connectivity index (χ2n) is 5.36. The maximum Gasteiger partial charge on any atom is 0.419 e. The Morgan fingerprint density at radius 3 is 2.45 bits per heavy atom. The third kappa shape index (κ3) is 3.32. The van der Waals surface area contributed by atoms with Gasteiger partial charge in [0.05, 0.1) is 5.56 Å². The molecule has 0 spiro atoms. The van der Waals surface area contributed by atoms with E-state index in [1.807, 2.05) is 6.92 Å². The number of hydrogen-bond donors (Lipinski definition) is 1. The van der Waals surface area contributed by atoms with Crippen molar-refractivity contribution in [3.8, 4) is 0 Å². The van der Waals surface area contributed by atoms with Crippen molar-refractivity contribution in [3.63, 3.8) is 0 Å². The Labute approximate surface area is 116 Å². The number of nitrogens with one attached hydrogen (secondary N) is 1. The van der Waals surface area contributed by atoms with E-state index in [2.05, 4.69) is 5.32 Å². The second kappa shape index (κ2) is 6.12. The van der Waals surface area contributed by atoms with Gasteiger partial charge in [-0.25, -0.2) is 4.39 Å². The van der Waals surface area contributed by atoms with E-state index in [1.165, 1.54) is 6.07 Å². The van der Waals surface area contributed by atoms with Crippen LogP contribution in [0.5, 0.6) is 0 Å². The predicted octanol–water partition coefficient (Wildman–Crippen LogP) is 4.69. The van der Waals surface area contributed by atoms with E-state index in [-0.39, 0.29) is 6.04 Å². The Hall–Kier alpha value is -1.10. The summed E-state index contributed by atoms with van der Waals surface area (Å²) >= 11 is 0. The van der Waals surface area contributed by atoms with Gasteiger partial charge < -0.3 is 5.32 Å². The summed E-state index contributed by atoms with van der Waals surface area (Å²) in [5.74, 6) is -0.782. The SMILES string of the molecule is CCCNC(c1ccc(C(F)(F)F)c(F)c1)C1CCC1. The van der Waals surface area contributed by atoms with Gasteiger partial charge in [0.25, 0.3) is 0 Å². The van der Waals surface area contributed by atoms with Gasteiger partial charge in [-0.1, -0.05) is 19.4 Å². The Morgan fingerprint density at radius 2 is 2.00 bits per heavy atom. The molecule has 0 heterocycles. The van der Waals surface area contributed by atoms with Gasteiger partial charge in [0, 0.05) is 6.04 Å². The fourth-order valence-corrected chi connectivity index (χ4v) is 2.58. The summed E-state index contributed by atoms with van der Waals surface area (Å²) in [5.41, 5.74) is -0.572. The van der Waals surface area contributed by atoms with Gasteiger partial charge in [-0.05, 0) is 49.4 Å². The summed E-state index contributed by atoms with van der Waals surface area (Å²) in [7, 11) is 0. The van der Waals surface area contributed by atoms with Crippen molar-refractivity contribution >= 4 is 0 Å². The van der Waals surface area contributed by atoms with Crippen LogP contribution in [0.25, 0.3) is 0 Å². The zero-order valence-electron chi connectivity index (χ0n) is 11.4. The van der Waals surface area contributed by atoms with Crippen molar-refractivity contribution in [2.45, 2.75) is 44.8 Å². The largest absolute Gasteiger partial charge is 0.419 e. The lowest BCUT2D eigenvalue weighted by molar-refractivity contribution is -0.140. The van der Waals surface area contributed by atoms with Gasteiger partial charge >= 0.3 is 6.18 Å². The van der Waals surface area contributed by atoms with E-state index in [9.17, 15) is 17.6 Å². The lowest BCUT2D eigenvalue weighted by atomic mass is 9.77. The van der Waals surface area contributed by atoms with E-state index in [0.29, 0.717) is 11.5 Å². The molecule has 0 aliphatic heterocycles. The molecule has 0 aromatic heterocycles. The number of hydrogen-bond acceptors (Lipinski definition) is 1. The maximum absolute atomic E-state index is 13.7. The molecule has 1 unspecified atom stereocenters. The van der Waals surface area contributed by atoms with E-state index >= 15 is 0 Å². The van der Waals surface area contributed by atoms with Gasteiger partial charge in [-0.15, -0.1) is 0 Å². The average molecular weight is 289 g/mol. The lowest BCUT2D eigenvalue weighted by Gasteiger charge is -2.35. The van der Waals surface area contributed by atoms with E-state index in [1.54, 1.807) is 0 Å². The molecule has 0 saturated heterocycles. The molecular weight excluding hydrogens is 270 g/mol. The molecule has 112 valence electrons. The Bertz CT molecular complexity index is 452. The third-order valence-corrected chi connectivity index (χ3v) is 3.89. The molecular formula is C15H19F4N. The molecule has 0 amide bonds. The lowest BCUT2D eigenvalue weighted by Crippen LogP contribution is -2.32. The molecule has 1 aliphatic carbocycles. The first-order chi connectivity index (χ1) is 9.43. The van der Waals surface area contributed by atoms with Crippen molar-refractivity contribution in [1.82, 2.24) is 5.32 Å². The van der Waals surface area contributed by atoms with Crippen LogP contribution >= 0.6 is 0 Å². The van der Waals surface area contributed by atoms with Crippen molar-refractivity contribution in [2.75, 3.05) is 6.54 Å². The first kappa shape index (κ1) is 15.3. The number of rotatable bonds is 5.